The van der Waals surface area contributed by atoms with Gasteiger partial charge < -0.3 is 10.2 Å². The van der Waals surface area contributed by atoms with Crippen LogP contribution in [-0.4, -0.2) is 36.0 Å². The fourth-order valence-corrected chi connectivity index (χ4v) is 3.36. The van der Waals surface area contributed by atoms with Crippen LogP contribution in [0.25, 0.3) is 0 Å². The zero-order valence-corrected chi connectivity index (χ0v) is 14.3. The first-order valence-electron chi connectivity index (χ1n) is 7.37. The lowest BCUT2D eigenvalue weighted by molar-refractivity contribution is 0.323. The van der Waals surface area contributed by atoms with E-state index >= 15 is 0 Å². The topological polar surface area (TPSA) is 50.2 Å². The van der Waals surface area contributed by atoms with Crippen LogP contribution in [0, 0.1) is 5.92 Å². The smallest absolute Gasteiger partial charge is 0.283 e. The highest BCUT2D eigenvalue weighted by molar-refractivity contribution is 9.10. The molecule has 0 amide bonds. The van der Waals surface area contributed by atoms with Gasteiger partial charge in [0.2, 0.25) is 0 Å². The largest absolute Gasteiger partial charge is 0.369 e. The predicted octanol–water partition coefficient (Wildman–Crippen LogP) is 2.02. The zero-order valence-electron chi connectivity index (χ0n) is 12.7. The van der Waals surface area contributed by atoms with Crippen molar-refractivity contribution in [2.75, 3.05) is 25.0 Å². The number of anilines is 1. The van der Waals surface area contributed by atoms with Gasteiger partial charge in [-0.05, 0) is 48.7 Å². The number of nitrogens with one attached hydrogen (secondary N) is 1. The van der Waals surface area contributed by atoms with Crippen LogP contribution in [0.4, 0.5) is 5.69 Å². The lowest BCUT2D eigenvalue weighted by atomic mass is 9.90. The van der Waals surface area contributed by atoms with Crippen LogP contribution < -0.4 is 15.8 Å². The van der Waals surface area contributed by atoms with Crippen LogP contribution in [0.15, 0.2) is 28.1 Å². The Hall–Kier alpha value is -1.14. The Labute approximate surface area is 134 Å². The summed E-state index contributed by atoms with van der Waals surface area (Å²) >= 11 is 3.43. The van der Waals surface area contributed by atoms with E-state index in [0.29, 0.717) is 23.0 Å². The predicted molar refractivity (Wildman–Crippen MR) is 89.9 cm³/mol. The minimum atomic E-state index is -0.0990. The number of piperidine rings is 1. The number of halogens is 1. The molecule has 0 spiro atoms. The second-order valence-electron chi connectivity index (χ2n) is 5.52. The average Bonchev–Trinajstić information content (AvgIpc) is 2.52. The van der Waals surface area contributed by atoms with Gasteiger partial charge in [0.05, 0.1) is 18.4 Å². The molecular formula is C15H23BrN4O. The van der Waals surface area contributed by atoms with E-state index in [2.05, 4.69) is 44.7 Å². The van der Waals surface area contributed by atoms with Crippen molar-refractivity contribution < 1.29 is 0 Å². The minimum Gasteiger partial charge on any atom is -0.369 e. The van der Waals surface area contributed by atoms with Gasteiger partial charge in [-0.3, -0.25) is 4.79 Å². The van der Waals surface area contributed by atoms with Crippen LogP contribution in [-0.2, 0) is 6.54 Å². The molecule has 1 fully saturated rings. The van der Waals surface area contributed by atoms with Crippen molar-refractivity contribution in [2.24, 2.45) is 5.92 Å². The molecule has 0 aromatic carbocycles. The van der Waals surface area contributed by atoms with Crippen LogP contribution in [0.3, 0.4) is 0 Å². The molecule has 1 atom stereocenters. The summed E-state index contributed by atoms with van der Waals surface area (Å²) in [6.07, 6.45) is 5.70. The molecule has 21 heavy (non-hydrogen) atoms. The first kappa shape index (κ1) is 16.2. The van der Waals surface area contributed by atoms with E-state index in [9.17, 15) is 4.79 Å². The van der Waals surface area contributed by atoms with E-state index in [1.807, 2.05) is 7.05 Å². The normalized spacial score (nSPS) is 17.8. The van der Waals surface area contributed by atoms with Crippen molar-refractivity contribution in [3.8, 4) is 0 Å². The lowest BCUT2D eigenvalue weighted by Crippen LogP contribution is -2.41. The second kappa shape index (κ2) is 7.22. The van der Waals surface area contributed by atoms with E-state index in [-0.39, 0.29) is 5.56 Å². The van der Waals surface area contributed by atoms with Crippen molar-refractivity contribution in [1.29, 1.82) is 0 Å². The van der Waals surface area contributed by atoms with E-state index in [1.54, 1.807) is 12.3 Å². The molecule has 1 aromatic rings. The Morgan fingerprint density at radius 2 is 2.24 bits per heavy atom. The van der Waals surface area contributed by atoms with Crippen LogP contribution in [0.1, 0.15) is 19.8 Å². The van der Waals surface area contributed by atoms with Crippen LogP contribution in [0.2, 0.25) is 0 Å². The zero-order chi connectivity index (χ0) is 15.4. The third kappa shape index (κ3) is 3.55. The van der Waals surface area contributed by atoms with Crippen LogP contribution in [0.5, 0.6) is 0 Å². The Bertz CT molecular complexity index is 549. The summed E-state index contributed by atoms with van der Waals surface area (Å²) in [5, 5.41) is 7.55. The van der Waals surface area contributed by atoms with Crippen molar-refractivity contribution in [3.63, 3.8) is 0 Å². The molecule has 0 saturated carbocycles. The van der Waals surface area contributed by atoms with E-state index < -0.39 is 0 Å². The Morgan fingerprint density at radius 3 is 2.81 bits per heavy atom. The number of allylic oxidation sites excluding steroid dienone is 1. The van der Waals surface area contributed by atoms with Gasteiger partial charge in [0.25, 0.3) is 5.56 Å². The molecule has 116 valence electrons. The summed E-state index contributed by atoms with van der Waals surface area (Å²) in [6, 6.07) is 0.536. The summed E-state index contributed by atoms with van der Waals surface area (Å²) in [7, 11) is 2.01. The van der Waals surface area contributed by atoms with E-state index in [1.165, 1.54) is 4.68 Å². The van der Waals surface area contributed by atoms with Crippen molar-refractivity contribution >= 4 is 21.6 Å². The summed E-state index contributed by atoms with van der Waals surface area (Å²) in [5.41, 5.74) is 0.800. The Kier molecular flexibility index (Phi) is 5.58. The molecule has 1 saturated heterocycles. The van der Waals surface area contributed by atoms with Gasteiger partial charge in [-0.15, -0.1) is 6.58 Å². The number of hydrogen-bond acceptors (Lipinski definition) is 4. The summed E-state index contributed by atoms with van der Waals surface area (Å²) in [4.78, 5) is 14.5. The highest BCUT2D eigenvalue weighted by Crippen LogP contribution is 2.28. The van der Waals surface area contributed by atoms with Crippen LogP contribution >= 0.6 is 15.9 Å². The third-order valence-corrected chi connectivity index (χ3v) is 5.06. The second-order valence-corrected chi connectivity index (χ2v) is 6.31. The highest BCUT2D eigenvalue weighted by Gasteiger charge is 2.25. The fourth-order valence-electron chi connectivity index (χ4n) is 2.81. The van der Waals surface area contributed by atoms with Gasteiger partial charge in [0.15, 0.2) is 0 Å². The summed E-state index contributed by atoms with van der Waals surface area (Å²) in [6.45, 7) is 8.22. The first-order valence-corrected chi connectivity index (χ1v) is 8.16. The Balaban J connectivity index is 2.12. The standard InChI is InChI=1S/C15H23BrN4O/c1-4-7-20-15(21)14(16)13(10-18-20)19-8-5-12(6-9-19)11(2)17-3/h4,10-12,17H,1,5-9H2,2-3H3. The SMILES string of the molecule is C=CCn1ncc(N2CCC(C(C)NC)CC2)c(Br)c1=O. The molecule has 1 N–H and O–H groups in total. The number of aromatic nitrogens is 2. The van der Waals surface area contributed by atoms with Gasteiger partial charge in [-0.2, -0.15) is 5.10 Å². The maximum Gasteiger partial charge on any atom is 0.283 e. The highest BCUT2D eigenvalue weighted by atomic mass is 79.9. The Morgan fingerprint density at radius 1 is 1.57 bits per heavy atom. The molecule has 2 heterocycles. The van der Waals surface area contributed by atoms with Crippen molar-refractivity contribution in [2.45, 2.75) is 32.4 Å². The number of hydrogen-bond donors (Lipinski definition) is 1. The van der Waals surface area contributed by atoms with Gasteiger partial charge in [-0.25, -0.2) is 4.68 Å². The molecule has 0 aliphatic carbocycles. The molecular weight excluding hydrogens is 332 g/mol. The molecule has 0 radical (unpaired) electrons. The maximum atomic E-state index is 12.2. The number of rotatable bonds is 5. The quantitative estimate of drug-likeness (QED) is 0.821. The molecule has 1 aromatic heterocycles. The minimum absolute atomic E-state index is 0.0990. The molecule has 1 aliphatic heterocycles. The number of nitrogens with zero attached hydrogens (tertiary/aromatic N) is 3. The maximum absolute atomic E-state index is 12.2. The average molecular weight is 355 g/mol. The molecule has 0 bridgehead atoms. The summed E-state index contributed by atoms with van der Waals surface area (Å²) < 4.78 is 2.01. The first-order chi connectivity index (χ1) is 10.1. The van der Waals surface area contributed by atoms with Crippen molar-refractivity contribution in [3.05, 3.63) is 33.7 Å². The van der Waals surface area contributed by atoms with Gasteiger partial charge in [0.1, 0.15) is 4.47 Å². The monoisotopic (exact) mass is 354 g/mol. The van der Waals surface area contributed by atoms with Gasteiger partial charge >= 0.3 is 0 Å². The molecule has 5 nitrogen and oxygen atoms in total. The van der Waals surface area contributed by atoms with E-state index in [4.69, 9.17) is 0 Å². The van der Waals surface area contributed by atoms with Gasteiger partial charge in [-0.1, -0.05) is 6.08 Å². The summed E-state index contributed by atoms with van der Waals surface area (Å²) in [5.74, 6) is 0.694. The van der Waals surface area contributed by atoms with Crippen molar-refractivity contribution in [1.82, 2.24) is 15.1 Å². The third-order valence-electron chi connectivity index (χ3n) is 4.31. The van der Waals surface area contributed by atoms with E-state index in [0.717, 1.165) is 31.6 Å². The molecule has 2 rings (SSSR count). The molecule has 1 unspecified atom stereocenters. The molecule has 1 aliphatic rings. The fraction of sp³-hybridized carbons (Fsp3) is 0.600. The van der Waals surface area contributed by atoms with Gasteiger partial charge in [0, 0.05) is 19.1 Å². The molecule has 6 heteroatoms. The lowest BCUT2D eigenvalue weighted by Gasteiger charge is -2.36.